The molecule has 0 saturated carbocycles. The van der Waals surface area contributed by atoms with Gasteiger partial charge in [0.1, 0.15) is 12.4 Å². The molecule has 0 spiro atoms. The van der Waals surface area contributed by atoms with Crippen molar-refractivity contribution in [2.24, 2.45) is 0 Å². The fraction of sp³-hybridized carbons (Fsp3) is 0.333. The van der Waals surface area contributed by atoms with E-state index in [-0.39, 0.29) is 17.5 Å². The van der Waals surface area contributed by atoms with E-state index in [1.165, 1.54) is 6.07 Å². The Morgan fingerprint density at radius 2 is 1.71 bits per heavy atom. The molecule has 0 aliphatic carbocycles. The maximum Gasteiger partial charge on any atom is 0.240 e. The van der Waals surface area contributed by atoms with Crippen LogP contribution < -0.4 is 9.46 Å². The first kappa shape index (κ1) is 18.8. The zero-order valence-corrected chi connectivity index (χ0v) is 15.8. The topological polar surface area (TPSA) is 55.4 Å². The first-order valence-electron chi connectivity index (χ1n) is 7.68. The molecular weight excluding hydrogens is 346 g/mol. The predicted octanol–water partition coefficient (Wildman–Crippen LogP) is 4.01. The van der Waals surface area contributed by atoms with Crippen molar-refractivity contribution >= 4 is 21.6 Å². The minimum Gasteiger partial charge on any atom is -0.491 e. The lowest BCUT2D eigenvalue weighted by Crippen LogP contribution is -2.36. The number of benzene rings is 2. The van der Waals surface area contributed by atoms with Crippen molar-refractivity contribution in [2.75, 3.05) is 6.61 Å². The zero-order valence-electron chi connectivity index (χ0n) is 14.3. The normalized spacial score (nSPS) is 12.9. The number of sulfonamides is 1. The van der Waals surface area contributed by atoms with Crippen LogP contribution in [-0.4, -0.2) is 21.1 Å². The van der Waals surface area contributed by atoms with Gasteiger partial charge in [0.15, 0.2) is 0 Å². The van der Waals surface area contributed by atoms with Crippen molar-refractivity contribution in [3.63, 3.8) is 0 Å². The SMILES string of the molecule is Cc1ccc(S(=O)(=O)NC(C)COc2c(C)cccc2C)cc1Cl. The van der Waals surface area contributed by atoms with Crippen LogP contribution in [0.4, 0.5) is 0 Å². The molecule has 0 aromatic heterocycles. The van der Waals surface area contributed by atoms with Gasteiger partial charge in [-0.1, -0.05) is 35.9 Å². The van der Waals surface area contributed by atoms with Crippen molar-refractivity contribution in [1.82, 2.24) is 4.72 Å². The number of rotatable bonds is 6. The standard InChI is InChI=1S/C18H22ClNO3S/c1-12-8-9-16(10-17(12)19)24(21,22)20-15(4)11-23-18-13(2)6-5-7-14(18)3/h5-10,15,20H,11H2,1-4H3. The molecule has 2 aromatic carbocycles. The molecule has 1 N–H and O–H groups in total. The Bertz CT molecular complexity index is 814. The number of ether oxygens (including phenoxy) is 1. The molecule has 0 heterocycles. The molecule has 0 amide bonds. The Hall–Kier alpha value is -1.56. The summed E-state index contributed by atoms with van der Waals surface area (Å²) in [6.07, 6.45) is 0. The average Bonchev–Trinajstić information content (AvgIpc) is 2.49. The average molecular weight is 368 g/mol. The third kappa shape index (κ3) is 4.50. The van der Waals surface area contributed by atoms with Crippen LogP contribution >= 0.6 is 11.6 Å². The van der Waals surface area contributed by atoms with Gasteiger partial charge >= 0.3 is 0 Å². The van der Waals surface area contributed by atoms with Crippen molar-refractivity contribution < 1.29 is 13.2 Å². The molecule has 4 nitrogen and oxygen atoms in total. The molecule has 0 fully saturated rings. The van der Waals surface area contributed by atoms with E-state index < -0.39 is 10.0 Å². The van der Waals surface area contributed by atoms with Gasteiger partial charge in [-0.25, -0.2) is 13.1 Å². The second-order valence-corrected chi connectivity index (χ2v) is 8.09. The molecule has 1 atom stereocenters. The van der Waals surface area contributed by atoms with Gasteiger partial charge in [0.25, 0.3) is 0 Å². The second kappa shape index (κ2) is 7.55. The molecule has 0 saturated heterocycles. The van der Waals surface area contributed by atoms with E-state index in [9.17, 15) is 8.42 Å². The van der Waals surface area contributed by atoms with Gasteiger partial charge in [-0.05, 0) is 56.5 Å². The first-order valence-corrected chi connectivity index (χ1v) is 9.54. The van der Waals surface area contributed by atoms with E-state index in [1.54, 1.807) is 19.1 Å². The lowest BCUT2D eigenvalue weighted by molar-refractivity contribution is 0.284. The van der Waals surface area contributed by atoms with Crippen LogP contribution in [0, 0.1) is 20.8 Å². The maximum atomic E-state index is 12.4. The van der Waals surface area contributed by atoms with E-state index in [4.69, 9.17) is 16.3 Å². The number of nitrogens with one attached hydrogen (secondary N) is 1. The Kier molecular flexibility index (Phi) is 5.91. The molecule has 0 aliphatic heterocycles. The van der Waals surface area contributed by atoms with E-state index in [0.29, 0.717) is 5.02 Å². The quantitative estimate of drug-likeness (QED) is 0.839. The summed E-state index contributed by atoms with van der Waals surface area (Å²) in [7, 11) is -3.64. The van der Waals surface area contributed by atoms with Crippen LogP contribution in [0.1, 0.15) is 23.6 Å². The van der Waals surface area contributed by atoms with E-state index in [1.807, 2.05) is 39.0 Å². The Morgan fingerprint density at radius 1 is 1.08 bits per heavy atom. The molecule has 24 heavy (non-hydrogen) atoms. The molecule has 0 aliphatic rings. The minimum absolute atomic E-state index is 0.150. The summed E-state index contributed by atoms with van der Waals surface area (Å²) < 4.78 is 33.3. The zero-order chi connectivity index (χ0) is 17.9. The van der Waals surface area contributed by atoms with Crippen LogP contribution in [0.2, 0.25) is 5.02 Å². The Labute approximate surface area is 148 Å². The Balaban J connectivity index is 2.05. The van der Waals surface area contributed by atoms with Crippen LogP contribution in [0.15, 0.2) is 41.3 Å². The molecule has 0 bridgehead atoms. The predicted molar refractivity (Wildman–Crippen MR) is 97.4 cm³/mol. The summed E-state index contributed by atoms with van der Waals surface area (Å²) in [6, 6.07) is 10.2. The number of para-hydroxylation sites is 1. The Morgan fingerprint density at radius 3 is 2.29 bits per heavy atom. The summed E-state index contributed by atoms with van der Waals surface area (Å²) in [5.41, 5.74) is 2.88. The van der Waals surface area contributed by atoms with Gasteiger partial charge in [0.05, 0.1) is 10.9 Å². The molecule has 130 valence electrons. The van der Waals surface area contributed by atoms with Crippen LogP contribution in [0.5, 0.6) is 5.75 Å². The van der Waals surface area contributed by atoms with Gasteiger partial charge in [-0.3, -0.25) is 0 Å². The highest BCUT2D eigenvalue weighted by Gasteiger charge is 2.19. The third-order valence-electron chi connectivity index (χ3n) is 3.70. The van der Waals surface area contributed by atoms with E-state index in [0.717, 1.165) is 22.4 Å². The van der Waals surface area contributed by atoms with Gasteiger partial charge in [-0.2, -0.15) is 0 Å². The van der Waals surface area contributed by atoms with Gasteiger partial charge in [0, 0.05) is 5.02 Å². The number of hydrogen-bond acceptors (Lipinski definition) is 3. The largest absolute Gasteiger partial charge is 0.491 e. The highest BCUT2D eigenvalue weighted by molar-refractivity contribution is 7.89. The van der Waals surface area contributed by atoms with Gasteiger partial charge < -0.3 is 4.74 Å². The monoisotopic (exact) mass is 367 g/mol. The summed E-state index contributed by atoms with van der Waals surface area (Å²) in [6.45, 7) is 7.76. The van der Waals surface area contributed by atoms with Crippen molar-refractivity contribution in [2.45, 2.75) is 38.6 Å². The molecule has 0 radical (unpaired) electrons. The number of aryl methyl sites for hydroxylation is 3. The highest BCUT2D eigenvalue weighted by atomic mass is 35.5. The lowest BCUT2D eigenvalue weighted by atomic mass is 10.1. The van der Waals surface area contributed by atoms with Crippen LogP contribution in [0.3, 0.4) is 0 Å². The summed E-state index contributed by atoms with van der Waals surface area (Å²) in [5.74, 6) is 0.793. The summed E-state index contributed by atoms with van der Waals surface area (Å²) in [4.78, 5) is 0.150. The minimum atomic E-state index is -3.64. The second-order valence-electron chi connectivity index (χ2n) is 5.97. The fourth-order valence-corrected chi connectivity index (χ4v) is 3.84. The molecule has 2 rings (SSSR count). The van der Waals surface area contributed by atoms with E-state index >= 15 is 0 Å². The van der Waals surface area contributed by atoms with Crippen LogP contribution in [-0.2, 0) is 10.0 Å². The molecule has 6 heteroatoms. The fourth-order valence-electron chi connectivity index (χ4n) is 2.34. The number of halogens is 1. The highest BCUT2D eigenvalue weighted by Crippen LogP contribution is 2.23. The first-order chi connectivity index (χ1) is 11.2. The summed E-state index contributed by atoms with van der Waals surface area (Å²) in [5, 5.41) is 0.428. The summed E-state index contributed by atoms with van der Waals surface area (Å²) >= 11 is 6.02. The van der Waals surface area contributed by atoms with Crippen LogP contribution in [0.25, 0.3) is 0 Å². The van der Waals surface area contributed by atoms with Crippen molar-refractivity contribution in [3.8, 4) is 5.75 Å². The molecule has 1 unspecified atom stereocenters. The van der Waals surface area contributed by atoms with Gasteiger partial charge in [-0.15, -0.1) is 0 Å². The smallest absolute Gasteiger partial charge is 0.240 e. The third-order valence-corrected chi connectivity index (χ3v) is 5.69. The molecular formula is C18H22ClNO3S. The lowest BCUT2D eigenvalue weighted by Gasteiger charge is -2.17. The van der Waals surface area contributed by atoms with Crippen molar-refractivity contribution in [3.05, 3.63) is 58.1 Å². The van der Waals surface area contributed by atoms with Gasteiger partial charge in [0.2, 0.25) is 10.0 Å². The molecule has 2 aromatic rings. The maximum absolute atomic E-state index is 12.4. The number of hydrogen-bond donors (Lipinski definition) is 1. The van der Waals surface area contributed by atoms with E-state index in [2.05, 4.69) is 4.72 Å². The van der Waals surface area contributed by atoms with Crippen molar-refractivity contribution in [1.29, 1.82) is 0 Å².